The molecule has 100 valence electrons. The molecule has 1 aromatic heterocycles. The van der Waals surface area contributed by atoms with Crippen molar-refractivity contribution in [3.05, 3.63) is 55.6 Å². The lowest BCUT2D eigenvalue weighted by atomic mass is 9.96. The van der Waals surface area contributed by atoms with E-state index >= 15 is 0 Å². The number of benzene rings is 1. The maximum atomic E-state index is 11.3. The van der Waals surface area contributed by atoms with Crippen molar-refractivity contribution in [2.45, 2.75) is 12.8 Å². The van der Waals surface area contributed by atoms with Gasteiger partial charge in [-0.3, -0.25) is 4.79 Å². The molecule has 2 rings (SSSR count). The fourth-order valence-electron chi connectivity index (χ4n) is 1.86. The quantitative estimate of drug-likeness (QED) is 0.843. The molecule has 0 spiro atoms. The molecule has 1 atom stereocenters. The van der Waals surface area contributed by atoms with Gasteiger partial charge in [0.1, 0.15) is 0 Å². The van der Waals surface area contributed by atoms with Gasteiger partial charge in [-0.2, -0.15) is 0 Å². The largest absolute Gasteiger partial charge is 0.481 e. The fraction of sp³-hybridized carbons (Fsp3) is 0.214. The van der Waals surface area contributed by atoms with E-state index in [0.717, 1.165) is 14.9 Å². The maximum Gasteiger partial charge on any atom is 0.307 e. The van der Waals surface area contributed by atoms with E-state index < -0.39 is 11.9 Å². The van der Waals surface area contributed by atoms with Gasteiger partial charge in [0.2, 0.25) is 0 Å². The van der Waals surface area contributed by atoms with E-state index in [-0.39, 0.29) is 0 Å². The van der Waals surface area contributed by atoms with E-state index in [1.165, 1.54) is 0 Å². The average Bonchev–Trinajstić information content (AvgIpc) is 2.76. The highest BCUT2D eigenvalue weighted by Crippen LogP contribution is 2.24. The Morgan fingerprint density at radius 2 is 2.00 bits per heavy atom. The Morgan fingerprint density at radius 3 is 2.53 bits per heavy atom. The number of carboxylic acid groups (broad SMARTS) is 1. The lowest BCUT2D eigenvalue weighted by molar-refractivity contribution is -0.141. The van der Waals surface area contributed by atoms with E-state index in [4.69, 9.17) is 11.6 Å². The van der Waals surface area contributed by atoms with Crippen molar-refractivity contribution in [3.63, 3.8) is 0 Å². The zero-order chi connectivity index (χ0) is 13.8. The predicted molar refractivity (Wildman–Crippen MR) is 82.0 cm³/mol. The molecule has 0 aliphatic carbocycles. The molecule has 5 heteroatoms. The average molecular weight is 360 g/mol. The number of aliphatic carboxylic acids is 1. The fourth-order valence-corrected chi connectivity index (χ4v) is 3.51. The normalized spacial score (nSPS) is 12.3. The second-order valence-electron chi connectivity index (χ2n) is 4.30. The molecule has 1 N–H and O–H groups in total. The number of hydrogen-bond acceptors (Lipinski definition) is 2. The summed E-state index contributed by atoms with van der Waals surface area (Å²) in [6.45, 7) is 0. The molecule has 1 heterocycles. The molecule has 0 saturated heterocycles. The summed E-state index contributed by atoms with van der Waals surface area (Å²) in [6, 6.07) is 9.31. The zero-order valence-electron chi connectivity index (χ0n) is 9.98. The summed E-state index contributed by atoms with van der Waals surface area (Å²) in [5, 5.41) is 12.0. The van der Waals surface area contributed by atoms with Gasteiger partial charge in [-0.1, -0.05) is 23.7 Å². The van der Waals surface area contributed by atoms with E-state index in [0.29, 0.717) is 17.9 Å². The van der Waals surface area contributed by atoms with Gasteiger partial charge < -0.3 is 5.11 Å². The molecule has 1 aromatic carbocycles. The number of rotatable bonds is 5. The number of carboxylic acids is 1. The van der Waals surface area contributed by atoms with Crippen LogP contribution in [-0.4, -0.2) is 11.1 Å². The Hall–Kier alpha value is -0.840. The summed E-state index contributed by atoms with van der Waals surface area (Å²) < 4.78 is 1.00. The van der Waals surface area contributed by atoms with Crippen LogP contribution in [0.3, 0.4) is 0 Å². The van der Waals surface area contributed by atoms with Crippen LogP contribution >= 0.6 is 38.9 Å². The third kappa shape index (κ3) is 4.34. The summed E-state index contributed by atoms with van der Waals surface area (Å²) in [7, 11) is 0. The molecule has 19 heavy (non-hydrogen) atoms. The van der Waals surface area contributed by atoms with E-state index in [1.807, 2.05) is 23.6 Å². The van der Waals surface area contributed by atoms with Crippen LogP contribution in [0.4, 0.5) is 0 Å². The van der Waals surface area contributed by atoms with Crippen molar-refractivity contribution >= 4 is 44.8 Å². The van der Waals surface area contributed by atoms with Gasteiger partial charge in [-0.05, 0) is 52.5 Å². The summed E-state index contributed by atoms with van der Waals surface area (Å²) in [6.07, 6.45) is 1.07. The minimum Gasteiger partial charge on any atom is -0.481 e. The second-order valence-corrected chi connectivity index (χ2v) is 6.65. The van der Waals surface area contributed by atoms with Gasteiger partial charge in [0.05, 0.1) is 5.92 Å². The maximum absolute atomic E-state index is 11.3. The number of halogens is 2. The van der Waals surface area contributed by atoms with Gasteiger partial charge in [0.15, 0.2) is 0 Å². The topological polar surface area (TPSA) is 37.3 Å². The number of thiophene rings is 1. The van der Waals surface area contributed by atoms with Crippen molar-refractivity contribution in [2.75, 3.05) is 0 Å². The van der Waals surface area contributed by atoms with Crippen LogP contribution in [0.15, 0.2) is 40.2 Å². The van der Waals surface area contributed by atoms with Crippen LogP contribution in [0.1, 0.15) is 10.4 Å². The van der Waals surface area contributed by atoms with Crippen molar-refractivity contribution in [3.8, 4) is 0 Å². The van der Waals surface area contributed by atoms with Gasteiger partial charge in [-0.25, -0.2) is 0 Å². The van der Waals surface area contributed by atoms with Gasteiger partial charge in [-0.15, -0.1) is 11.3 Å². The Kier molecular flexibility index (Phi) is 5.02. The van der Waals surface area contributed by atoms with Crippen molar-refractivity contribution in [1.29, 1.82) is 0 Å². The molecule has 0 aliphatic heterocycles. The minimum atomic E-state index is -0.764. The lowest BCUT2D eigenvalue weighted by Gasteiger charge is -2.11. The van der Waals surface area contributed by atoms with Crippen LogP contribution in [0.5, 0.6) is 0 Å². The molecular formula is C14H12BrClO2S. The highest BCUT2D eigenvalue weighted by Gasteiger charge is 2.19. The van der Waals surface area contributed by atoms with Crippen molar-refractivity contribution in [2.24, 2.45) is 5.92 Å². The summed E-state index contributed by atoms with van der Waals surface area (Å²) in [5.41, 5.74) is 0.993. The first-order valence-corrected chi connectivity index (χ1v) is 7.80. The van der Waals surface area contributed by atoms with Gasteiger partial charge in [0.25, 0.3) is 0 Å². The third-order valence-corrected chi connectivity index (χ3v) is 4.79. The molecule has 0 bridgehead atoms. The minimum absolute atomic E-state index is 0.410. The van der Waals surface area contributed by atoms with E-state index in [9.17, 15) is 9.90 Å². The SMILES string of the molecule is O=C(O)C(Cc1ccc(Cl)cc1)Cc1cc(Br)cs1. The van der Waals surface area contributed by atoms with Gasteiger partial charge >= 0.3 is 5.97 Å². The zero-order valence-corrected chi connectivity index (χ0v) is 13.1. The smallest absolute Gasteiger partial charge is 0.307 e. The number of hydrogen-bond donors (Lipinski definition) is 1. The molecule has 0 aliphatic rings. The van der Waals surface area contributed by atoms with Crippen LogP contribution < -0.4 is 0 Å². The highest BCUT2D eigenvalue weighted by molar-refractivity contribution is 9.10. The van der Waals surface area contributed by atoms with Crippen LogP contribution in [-0.2, 0) is 17.6 Å². The molecule has 2 nitrogen and oxygen atoms in total. The van der Waals surface area contributed by atoms with Crippen LogP contribution in [0.2, 0.25) is 5.02 Å². The molecule has 2 aromatic rings. The van der Waals surface area contributed by atoms with Crippen molar-refractivity contribution in [1.82, 2.24) is 0 Å². The number of carbonyl (C=O) groups is 1. The Morgan fingerprint density at radius 1 is 1.32 bits per heavy atom. The Bertz CT molecular complexity index is 565. The molecule has 0 fully saturated rings. The summed E-state index contributed by atoms with van der Waals surface area (Å²) in [5.74, 6) is -1.17. The first-order valence-electron chi connectivity index (χ1n) is 5.75. The molecule has 0 radical (unpaired) electrons. The second kappa shape index (κ2) is 6.55. The van der Waals surface area contributed by atoms with Crippen LogP contribution in [0, 0.1) is 5.92 Å². The molecular weight excluding hydrogens is 348 g/mol. The standard InChI is InChI=1S/C14H12BrClO2S/c15-11-7-13(19-8-11)6-10(14(17)18)5-9-1-3-12(16)4-2-9/h1-4,7-8,10H,5-6H2,(H,17,18). The van der Waals surface area contributed by atoms with Crippen LogP contribution in [0.25, 0.3) is 0 Å². The first-order chi connectivity index (χ1) is 9.04. The van der Waals surface area contributed by atoms with Crippen molar-refractivity contribution < 1.29 is 9.90 Å². The Labute approximate surface area is 129 Å². The van der Waals surface area contributed by atoms with E-state index in [2.05, 4.69) is 15.9 Å². The first kappa shape index (κ1) is 14.6. The molecule has 0 saturated carbocycles. The summed E-state index contributed by atoms with van der Waals surface area (Å²) >= 11 is 10.8. The summed E-state index contributed by atoms with van der Waals surface area (Å²) in [4.78, 5) is 12.4. The van der Waals surface area contributed by atoms with Gasteiger partial charge in [0, 0.05) is 19.8 Å². The molecule has 0 amide bonds. The molecule has 1 unspecified atom stereocenters. The monoisotopic (exact) mass is 358 g/mol. The third-order valence-electron chi connectivity index (χ3n) is 2.81. The lowest BCUT2D eigenvalue weighted by Crippen LogP contribution is -2.18. The van der Waals surface area contributed by atoms with E-state index in [1.54, 1.807) is 23.5 Å². The highest BCUT2D eigenvalue weighted by atomic mass is 79.9. The predicted octanol–water partition coefficient (Wildman–Crippen LogP) is 4.65. The Balaban J connectivity index is 2.08.